The predicted molar refractivity (Wildman–Crippen MR) is 89.3 cm³/mol. The zero-order valence-corrected chi connectivity index (χ0v) is 13.6. The average molecular weight is 304 g/mol. The van der Waals surface area contributed by atoms with Gasteiger partial charge in [0.1, 0.15) is 5.75 Å². The van der Waals surface area contributed by atoms with E-state index < -0.39 is 0 Å². The van der Waals surface area contributed by atoms with E-state index in [9.17, 15) is 0 Å². The molecule has 0 aliphatic carbocycles. The van der Waals surface area contributed by atoms with Gasteiger partial charge in [-0.3, -0.25) is 0 Å². The first-order chi connectivity index (χ1) is 10.1. The molecule has 0 bridgehead atoms. The van der Waals surface area contributed by atoms with Crippen LogP contribution in [-0.4, -0.2) is 13.7 Å². The first kappa shape index (κ1) is 15.9. The van der Waals surface area contributed by atoms with Crippen molar-refractivity contribution in [3.63, 3.8) is 0 Å². The lowest BCUT2D eigenvalue weighted by atomic mass is 9.97. The topological polar surface area (TPSA) is 21.3 Å². The zero-order valence-electron chi connectivity index (χ0n) is 12.8. The van der Waals surface area contributed by atoms with E-state index in [1.54, 1.807) is 7.11 Å². The molecule has 0 aromatic heterocycles. The maximum atomic E-state index is 5.96. The lowest BCUT2D eigenvalue weighted by Gasteiger charge is -2.21. The van der Waals surface area contributed by atoms with Crippen LogP contribution in [0.4, 0.5) is 0 Å². The monoisotopic (exact) mass is 303 g/mol. The summed E-state index contributed by atoms with van der Waals surface area (Å²) >= 11 is 5.96. The summed E-state index contributed by atoms with van der Waals surface area (Å²) in [7, 11) is 1.73. The number of rotatable bonds is 6. The van der Waals surface area contributed by atoms with Gasteiger partial charge in [-0.1, -0.05) is 42.8 Å². The number of likely N-dealkylation sites (N-methyl/N-ethyl adjacent to an activating group) is 1. The van der Waals surface area contributed by atoms with Gasteiger partial charge < -0.3 is 10.1 Å². The van der Waals surface area contributed by atoms with Crippen LogP contribution in [0.15, 0.2) is 42.5 Å². The summed E-state index contributed by atoms with van der Waals surface area (Å²) in [6.07, 6.45) is 0.907. The first-order valence-corrected chi connectivity index (χ1v) is 7.64. The fraction of sp³-hybridized carbons (Fsp3) is 0.333. The van der Waals surface area contributed by atoms with Gasteiger partial charge >= 0.3 is 0 Å². The molecule has 2 aromatic carbocycles. The largest absolute Gasteiger partial charge is 0.496 e. The van der Waals surface area contributed by atoms with Crippen LogP contribution < -0.4 is 10.1 Å². The molecule has 0 saturated carbocycles. The van der Waals surface area contributed by atoms with E-state index in [2.05, 4.69) is 49.5 Å². The van der Waals surface area contributed by atoms with Crippen LogP contribution >= 0.6 is 11.6 Å². The summed E-state index contributed by atoms with van der Waals surface area (Å²) in [4.78, 5) is 0. The Bertz CT molecular complexity index is 580. The molecule has 0 aliphatic rings. The number of aryl methyl sites for hydroxylation is 1. The summed E-state index contributed by atoms with van der Waals surface area (Å²) in [5.41, 5.74) is 3.66. The minimum absolute atomic E-state index is 0.228. The molecule has 2 nitrogen and oxygen atoms in total. The average Bonchev–Trinajstić information content (AvgIpc) is 2.49. The molecule has 3 heteroatoms. The second kappa shape index (κ2) is 7.48. The molecule has 0 amide bonds. The number of nitrogens with one attached hydrogen (secondary N) is 1. The molecule has 0 fully saturated rings. The van der Waals surface area contributed by atoms with Gasteiger partial charge in [0.05, 0.1) is 7.11 Å². The smallest absolute Gasteiger partial charge is 0.123 e. The Kier molecular flexibility index (Phi) is 5.66. The van der Waals surface area contributed by atoms with Crippen LogP contribution in [0.5, 0.6) is 5.75 Å². The summed E-state index contributed by atoms with van der Waals surface area (Å²) < 4.78 is 5.55. The van der Waals surface area contributed by atoms with Crippen molar-refractivity contribution in [1.82, 2.24) is 5.32 Å². The quantitative estimate of drug-likeness (QED) is 0.845. The van der Waals surface area contributed by atoms with Crippen molar-refractivity contribution >= 4 is 11.6 Å². The van der Waals surface area contributed by atoms with Gasteiger partial charge in [-0.15, -0.1) is 0 Å². The van der Waals surface area contributed by atoms with Crippen molar-refractivity contribution in [3.8, 4) is 5.75 Å². The highest BCUT2D eigenvalue weighted by Gasteiger charge is 2.16. The third kappa shape index (κ3) is 4.23. The fourth-order valence-corrected chi connectivity index (χ4v) is 2.63. The van der Waals surface area contributed by atoms with Crippen LogP contribution in [0.3, 0.4) is 0 Å². The number of benzene rings is 2. The van der Waals surface area contributed by atoms with Crippen LogP contribution in [0.1, 0.15) is 29.7 Å². The third-order valence-corrected chi connectivity index (χ3v) is 3.82. The summed E-state index contributed by atoms with van der Waals surface area (Å²) in [5, 5.41) is 4.31. The molecule has 1 atom stereocenters. The third-order valence-electron chi connectivity index (χ3n) is 3.57. The van der Waals surface area contributed by atoms with E-state index in [1.165, 1.54) is 16.7 Å². The van der Waals surface area contributed by atoms with Crippen LogP contribution in [0, 0.1) is 6.92 Å². The van der Waals surface area contributed by atoms with Crippen molar-refractivity contribution in [2.24, 2.45) is 0 Å². The Morgan fingerprint density at radius 1 is 1.14 bits per heavy atom. The molecule has 1 unspecified atom stereocenters. The zero-order chi connectivity index (χ0) is 15.2. The molecule has 2 aromatic rings. The second-order valence-corrected chi connectivity index (χ2v) is 5.62. The lowest BCUT2D eigenvalue weighted by Crippen LogP contribution is -2.23. The Labute approximate surface area is 132 Å². The van der Waals surface area contributed by atoms with Crippen molar-refractivity contribution < 1.29 is 4.74 Å². The fourth-order valence-electron chi connectivity index (χ4n) is 2.50. The second-order valence-electron chi connectivity index (χ2n) is 5.19. The standard InChI is InChI=1S/C18H22ClNO/c1-4-20-17(12-14-6-8-15(19)9-7-14)16-10-5-13(2)11-18(16)21-3/h5-11,17,20H,4,12H2,1-3H3. The van der Waals surface area contributed by atoms with Crippen molar-refractivity contribution in [2.75, 3.05) is 13.7 Å². The van der Waals surface area contributed by atoms with Gasteiger partial charge in [0.15, 0.2) is 0 Å². The van der Waals surface area contributed by atoms with E-state index in [0.29, 0.717) is 0 Å². The van der Waals surface area contributed by atoms with Crippen LogP contribution in [0.25, 0.3) is 0 Å². The van der Waals surface area contributed by atoms with Gasteiger partial charge in [0.2, 0.25) is 0 Å². The number of ether oxygens (including phenoxy) is 1. The highest BCUT2D eigenvalue weighted by atomic mass is 35.5. The number of hydrogen-bond acceptors (Lipinski definition) is 2. The Hall–Kier alpha value is -1.51. The molecule has 21 heavy (non-hydrogen) atoms. The molecule has 1 N–H and O–H groups in total. The molecular formula is C18H22ClNO. The molecule has 0 saturated heterocycles. The summed E-state index contributed by atoms with van der Waals surface area (Å²) in [6, 6.07) is 14.6. The van der Waals surface area contributed by atoms with E-state index in [-0.39, 0.29) is 6.04 Å². The van der Waals surface area contributed by atoms with Gasteiger partial charge in [0.25, 0.3) is 0 Å². The molecular weight excluding hydrogens is 282 g/mol. The molecule has 0 radical (unpaired) electrons. The van der Waals surface area contributed by atoms with Crippen molar-refractivity contribution in [3.05, 3.63) is 64.2 Å². The molecule has 112 valence electrons. The first-order valence-electron chi connectivity index (χ1n) is 7.26. The van der Waals surface area contributed by atoms with Crippen LogP contribution in [0.2, 0.25) is 5.02 Å². The van der Waals surface area contributed by atoms with Gasteiger partial charge in [-0.2, -0.15) is 0 Å². The Balaban J connectivity index is 2.28. The molecule has 0 aliphatic heterocycles. The summed E-state index contributed by atoms with van der Waals surface area (Å²) in [5.74, 6) is 0.940. The van der Waals surface area contributed by atoms with Gasteiger partial charge in [-0.25, -0.2) is 0 Å². The lowest BCUT2D eigenvalue weighted by molar-refractivity contribution is 0.399. The number of halogens is 1. The SMILES string of the molecule is CCNC(Cc1ccc(Cl)cc1)c1ccc(C)cc1OC. The molecule has 2 rings (SSSR count). The van der Waals surface area contributed by atoms with Crippen LogP contribution in [-0.2, 0) is 6.42 Å². The summed E-state index contributed by atoms with van der Waals surface area (Å²) in [6.45, 7) is 5.11. The predicted octanol–water partition coefficient (Wildman–Crippen LogP) is 4.55. The maximum absolute atomic E-state index is 5.96. The normalized spacial score (nSPS) is 12.2. The number of hydrogen-bond donors (Lipinski definition) is 1. The minimum Gasteiger partial charge on any atom is -0.496 e. The van der Waals surface area contributed by atoms with Gasteiger partial charge in [-0.05, 0) is 49.2 Å². The van der Waals surface area contributed by atoms with E-state index >= 15 is 0 Å². The minimum atomic E-state index is 0.228. The van der Waals surface area contributed by atoms with Crippen molar-refractivity contribution in [1.29, 1.82) is 0 Å². The molecule has 0 heterocycles. The van der Waals surface area contributed by atoms with Crippen molar-refractivity contribution in [2.45, 2.75) is 26.3 Å². The highest BCUT2D eigenvalue weighted by molar-refractivity contribution is 6.30. The Morgan fingerprint density at radius 3 is 2.48 bits per heavy atom. The number of methoxy groups -OCH3 is 1. The van der Waals surface area contributed by atoms with E-state index in [4.69, 9.17) is 16.3 Å². The Morgan fingerprint density at radius 2 is 1.86 bits per heavy atom. The van der Waals surface area contributed by atoms with Gasteiger partial charge in [0, 0.05) is 16.6 Å². The molecule has 0 spiro atoms. The maximum Gasteiger partial charge on any atom is 0.123 e. The van der Waals surface area contributed by atoms with E-state index in [1.807, 2.05) is 12.1 Å². The van der Waals surface area contributed by atoms with E-state index in [0.717, 1.165) is 23.7 Å². The highest BCUT2D eigenvalue weighted by Crippen LogP contribution is 2.29.